The van der Waals surface area contributed by atoms with Crippen LogP contribution in [0.15, 0.2) is 53.4 Å². The summed E-state index contributed by atoms with van der Waals surface area (Å²) >= 11 is 4.25. The van der Waals surface area contributed by atoms with E-state index in [1.165, 1.54) is 11.1 Å². The second-order valence-electron chi connectivity index (χ2n) is 5.11. The van der Waals surface area contributed by atoms with Crippen LogP contribution in [0.5, 0.6) is 0 Å². The zero-order chi connectivity index (χ0) is 13.9. The third-order valence-electron chi connectivity index (χ3n) is 3.82. The molecule has 0 saturated carbocycles. The molecule has 0 aromatic heterocycles. The summed E-state index contributed by atoms with van der Waals surface area (Å²) in [7, 11) is 0. The molecule has 3 rings (SSSR count). The van der Waals surface area contributed by atoms with Gasteiger partial charge in [-0.05, 0) is 48.2 Å². The second kappa shape index (κ2) is 5.71. The fraction of sp³-hybridized carbons (Fsp3) is 0.235. The number of fused-ring (bicyclic) bond motifs is 1. The Balaban J connectivity index is 1.76. The molecule has 0 spiro atoms. The number of amides is 1. The molecular weight excluding hydrogens is 266 g/mol. The number of hydrogen-bond acceptors (Lipinski definition) is 2. The van der Waals surface area contributed by atoms with Gasteiger partial charge in [-0.3, -0.25) is 4.79 Å². The van der Waals surface area contributed by atoms with Crippen LogP contribution in [0.1, 0.15) is 21.5 Å². The van der Waals surface area contributed by atoms with Crippen LogP contribution in [0.4, 0.5) is 0 Å². The monoisotopic (exact) mass is 283 g/mol. The number of carbonyl (C=O) groups excluding carboxylic acids is 1. The molecule has 0 atom stereocenters. The van der Waals surface area contributed by atoms with Gasteiger partial charge in [0.25, 0.3) is 5.91 Å². The molecule has 0 unspecified atom stereocenters. The molecule has 0 fully saturated rings. The average Bonchev–Trinajstić information content (AvgIpc) is 2.70. The van der Waals surface area contributed by atoms with Crippen LogP contribution in [-0.4, -0.2) is 23.9 Å². The van der Waals surface area contributed by atoms with Crippen molar-refractivity contribution in [1.82, 2.24) is 4.90 Å². The first-order chi connectivity index (χ1) is 9.74. The topological polar surface area (TPSA) is 20.3 Å². The number of thiol groups is 1. The molecule has 0 saturated heterocycles. The van der Waals surface area contributed by atoms with E-state index in [2.05, 4.69) is 36.9 Å². The maximum Gasteiger partial charge on any atom is 0.253 e. The SMILES string of the molecule is O=C(c1ccc(S)cc1)N1CCc2ccccc2CC1. The van der Waals surface area contributed by atoms with Crippen molar-refractivity contribution in [3.63, 3.8) is 0 Å². The van der Waals surface area contributed by atoms with E-state index >= 15 is 0 Å². The lowest BCUT2D eigenvalue weighted by atomic mass is 10.0. The van der Waals surface area contributed by atoms with Crippen molar-refractivity contribution < 1.29 is 4.79 Å². The summed E-state index contributed by atoms with van der Waals surface area (Å²) in [4.78, 5) is 15.3. The number of carbonyl (C=O) groups is 1. The summed E-state index contributed by atoms with van der Waals surface area (Å²) in [5.74, 6) is 0.117. The van der Waals surface area contributed by atoms with Crippen molar-refractivity contribution in [2.24, 2.45) is 0 Å². The summed E-state index contributed by atoms with van der Waals surface area (Å²) < 4.78 is 0. The molecule has 2 nitrogen and oxygen atoms in total. The van der Waals surface area contributed by atoms with Gasteiger partial charge in [0.2, 0.25) is 0 Å². The van der Waals surface area contributed by atoms with Gasteiger partial charge < -0.3 is 4.90 Å². The van der Waals surface area contributed by atoms with Crippen LogP contribution < -0.4 is 0 Å². The first kappa shape index (κ1) is 13.3. The molecule has 0 aliphatic carbocycles. The Morgan fingerprint density at radius 1 is 0.900 bits per heavy atom. The Labute approximate surface area is 124 Å². The summed E-state index contributed by atoms with van der Waals surface area (Å²) in [6.07, 6.45) is 1.87. The Morgan fingerprint density at radius 2 is 1.45 bits per heavy atom. The van der Waals surface area contributed by atoms with Crippen LogP contribution in [-0.2, 0) is 12.8 Å². The van der Waals surface area contributed by atoms with Crippen molar-refractivity contribution in [1.29, 1.82) is 0 Å². The van der Waals surface area contributed by atoms with E-state index in [9.17, 15) is 4.79 Å². The predicted octanol–water partition coefficient (Wildman–Crippen LogP) is 3.22. The lowest BCUT2D eigenvalue weighted by Gasteiger charge is -2.20. The number of nitrogens with zero attached hydrogens (tertiary/aromatic N) is 1. The number of hydrogen-bond donors (Lipinski definition) is 1. The number of benzene rings is 2. The van der Waals surface area contributed by atoms with E-state index in [1.54, 1.807) is 0 Å². The van der Waals surface area contributed by atoms with Gasteiger partial charge in [-0.2, -0.15) is 0 Å². The molecule has 1 heterocycles. The molecule has 20 heavy (non-hydrogen) atoms. The fourth-order valence-electron chi connectivity index (χ4n) is 2.66. The lowest BCUT2D eigenvalue weighted by molar-refractivity contribution is 0.0763. The van der Waals surface area contributed by atoms with Crippen molar-refractivity contribution in [3.8, 4) is 0 Å². The molecule has 0 bridgehead atoms. The Morgan fingerprint density at radius 3 is 2.00 bits per heavy atom. The second-order valence-corrected chi connectivity index (χ2v) is 5.62. The van der Waals surface area contributed by atoms with Crippen LogP contribution in [0.2, 0.25) is 0 Å². The van der Waals surface area contributed by atoms with E-state index in [0.717, 1.165) is 36.4 Å². The van der Waals surface area contributed by atoms with Gasteiger partial charge in [-0.15, -0.1) is 12.6 Å². The molecule has 1 aliphatic heterocycles. The van der Waals surface area contributed by atoms with E-state index in [4.69, 9.17) is 0 Å². The highest BCUT2D eigenvalue weighted by molar-refractivity contribution is 7.80. The van der Waals surface area contributed by atoms with Gasteiger partial charge in [0.05, 0.1) is 0 Å². The predicted molar refractivity (Wildman–Crippen MR) is 83.4 cm³/mol. The van der Waals surface area contributed by atoms with E-state index in [-0.39, 0.29) is 5.91 Å². The van der Waals surface area contributed by atoms with Gasteiger partial charge >= 0.3 is 0 Å². The minimum absolute atomic E-state index is 0.117. The maximum atomic E-state index is 12.5. The molecule has 0 radical (unpaired) electrons. The molecule has 1 amide bonds. The molecular formula is C17H17NOS. The highest BCUT2D eigenvalue weighted by Gasteiger charge is 2.19. The van der Waals surface area contributed by atoms with Gasteiger partial charge in [-0.25, -0.2) is 0 Å². The molecule has 102 valence electrons. The fourth-order valence-corrected chi connectivity index (χ4v) is 2.81. The van der Waals surface area contributed by atoms with Crippen molar-refractivity contribution in [2.75, 3.05) is 13.1 Å². The number of rotatable bonds is 1. The van der Waals surface area contributed by atoms with Gasteiger partial charge in [-0.1, -0.05) is 24.3 Å². The Kier molecular flexibility index (Phi) is 3.79. The van der Waals surface area contributed by atoms with Crippen LogP contribution in [0.3, 0.4) is 0 Å². The average molecular weight is 283 g/mol. The smallest absolute Gasteiger partial charge is 0.253 e. The van der Waals surface area contributed by atoms with Gasteiger partial charge in [0, 0.05) is 23.5 Å². The maximum absolute atomic E-state index is 12.5. The minimum Gasteiger partial charge on any atom is -0.338 e. The summed E-state index contributed by atoms with van der Waals surface area (Å²) in [6, 6.07) is 15.9. The van der Waals surface area contributed by atoms with Crippen LogP contribution in [0, 0.1) is 0 Å². The molecule has 1 aliphatic rings. The van der Waals surface area contributed by atoms with Crippen molar-refractivity contribution in [3.05, 3.63) is 65.2 Å². The third-order valence-corrected chi connectivity index (χ3v) is 4.12. The summed E-state index contributed by atoms with van der Waals surface area (Å²) in [5.41, 5.74) is 3.48. The van der Waals surface area contributed by atoms with Crippen LogP contribution in [0.25, 0.3) is 0 Å². The molecule has 0 N–H and O–H groups in total. The first-order valence-electron chi connectivity index (χ1n) is 6.89. The minimum atomic E-state index is 0.117. The standard InChI is InChI=1S/C17H17NOS/c19-17(15-5-7-16(20)8-6-15)18-11-9-13-3-1-2-4-14(13)10-12-18/h1-8,20H,9-12H2. The summed E-state index contributed by atoms with van der Waals surface area (Å²) in [6.45, 7) is 1.58. The highest BCUT2D eigenvalue weighted by Crippen LogP contribution is 2.17. The van der Waals surface area contributed by atoms with E-state index in [1.807, 2.05) is 29.2 Å². The molecule has 2 aromatic carbocycles. The zero-order valence-corrected chi connectivity index (χ0v) is 12.1. The Bertz CT molecular complexity index is 594. The largest absolute Gasteiger partial charge is 0.338 e. The van der Waals surface area contributed by atoms with Gasteiger partial charge in [0.15, 0.2) is 0 Å². The van der Waals surface area contributed by atoms with Crippen molar-refractivity contribution in [2.45, 2.75) is 17.7 Å². The Hall–Kier alpha value is -1.74. The van der Waals surface area contributed by atoms with Crippen LogP contribution >= 0.6 is 12.6 Å². The quantitative estimate of drug-likeness (QED) is 0.797. The van der Waals surface area contributed by atoms with Crippen molar-refractivity contribution >= 4 is 18.5 Å². The third kappa shape index (κ3) is 2.73. The summed E-state index contributed by atoms with van der Waals surface area (Å²) in [5, 5.41) is 0. The highest BCUT2D eigenvalue weighted by atomic mass is 32.1. The first-order valence-corrected chi connectivity index (χ1v) is 7.34. The van der Waals surface area contributed by atoms with Gasteiger partial charge in [0.1, 0.15) is 0 Å². The molecule has 2 aromatic rings. The normalized spacial score (nSPS) is 14.6. The van der Waals surface area contributed by atoms with E-state index < -0.39 is 0 Å². The molecule has 3 heteroatoms. The zero-order valence-electron chi connectivity index (χ0n) is 11.2. The van der Waals surface area contributed by atoms with E-state index in [0.29, 0.717) is 0 Å². The lowest BCUT2D eigenvalue weighted by Crippen LogP contribution is -2.33.